The quantitative estimate of drug-likeness (QED) is 0.928. The fourth-order valence-electron chi connectivity index (χ4n) is 4.28. The van der Waals surface area contributed by atoms with Crippen molar-refractivity contribution in [1.82, 2.24) is 19.9 Å². The number of rotatable bonds is 4. The van der Waals surface area contributed by atoms with Crippen molar-refractivity contribution in [3.05, 3.63) is 18.6 Å². The lowest BCUT2D eigenvalue weighted by Gasteiger charge is -2.33. The topological polar surface area (TPSA) is 63.1 Å². The molecule has 25 heavy (non-hydrogen) atoms. The first-order valence-corrected chi connectivity index (χ1v) is 9.51. The summed E-state index contributed by atoms with van der Waals surface area (Å²) < 4.78 is 2.03. The number of hydrogen-bond acceptors (Lipinski definition) is 4. The van der Waals surface area contributed by atoms with Gasteiger partial charge >= 0.3 is 0 Å². The van der Waals surface area contributed by atoms with E-state index in [2.05, 4.69) is 26.3 Å². The van der Waals surface area contributed by atoms with Gasteiger partial charge in [-0.3, -0.25) is 4.79 Å². The smallest absolute Gasteiger partial charge is 0.220 e. The molecule has 4 rings (SSSR count). The zero-order chi connectivity index (χ0) is 17.2. The van der Waals surface area contributed by atoms with Gasteiger partial charge in [-0.1, -0.05) is 12.8 Å². The Hall–Kier alpha value is -2.11. The van der Waals surface area contributed by atoms with Crippen LogP contribution in [0.5, 0.6) is 0 Å². The summed E-state index contributed by atoms with van der Waals surface area (Å²) in [5.74, 6) is 1.77. The Balaban J connectivity index is 1.34. The number of carbonyl (C=O) groups excluding carboxylic acids is 1. The molecule has 1 aliphatic heterocycles. The third kappa shape index (κ3) is 3.48. The van der Waals surface area contributed by atoms with Crippen LogP contribution in [-0.4, -0.2) is 39.6 Å². The second-order valence-corrected chi connectivity index (χ2v) is 7.54. The van der Waals surface area contributed by atoms with Gasteiger partial charge in [0.05, 0.1) is 5.39 Å². The number of anilines is 1. The number of hydrogen-bond donors (Lipinski definition) is 1. The van der Waals surface area contributed by atoms with Gasteiger partial charge in [0.1, 0.15) is 17.8 Å². The summed E-state index contributed by atoms with van der Waals surface area (Å²) in [7, 11) is 2.01. The van der Waals surface area contributed by atoms with Gasteiger partial charge in [0.2, 0.25) is 5.91 Å². The van der Waals surface area contributed by atoms with E-state index in [4.69, 9.17) is 0 Å². The van der Waals surface area contributed by atoms with E-state index in [9.17, 15) is 4.79 Å². The number of nitrogens with zero attached hydrogens (tertiary/aromatic N) is 4. The third-order valence-electron chi connectivity index (χ3n) is 5.75. The minimum absolute atomic E-state index is 0.248. The van der Waals surface area contributed by atoms with Crippen molar-refractivity contribution < 1.29 is 4.79 Å². The van der Waals surface area contributed by atoms with Crippen molar-refractivity contribution >= 4 is 22.8 Å². The molecule has 2 aliphatic rings. The monoisotopic (exact) mass is 341 g/mol. The van der Waals surface area contributed by atoms with Crippen LogP contribution in [0.2, 0.25) is 0 Å². The number of amides is 1. The molecule has 6 heteroatoms. The molecule has 6 nitrogen and oxygen atoms in total. The highest BCUT2D eigenvalue weighted by molar-refractivity contribution is 5.87. The van der Waals surface area contributed by atoms with Crippen LogP contribution in [0.3, 0.4) is 0 Å². The molecule has 134 valence electrons. The number of nitrogens with one attached hydrogen (secondary N) is 1. The summed E-state index contributed by atoms with van der Waals surface area (Å²) in [6.07, 6.45) is 11.3. The van der Waals surface area contributed by atoms with Crippen LogP contribution in [0.15, 0.2) is 18.6 Å². The van der Waals surface area contributed by atoms with Crippen LogP contribution in [0.25, 0.3) is 11.0 Å². The van der Waals surface area contributed by atoms with E-state index in [1.807, 2.05) is 17.8 Å². The number of carbonyl (C=O) groups is 1. The van der Waals surface area contributed by atoms with Crippen molar-refractivity contribution in [2.24, 2.45) is 13.0 Å². The maximum absolute atomic E-state index is 12.2. The Kier molecular flexibility index (Phi) is 4.59. The van der Waals surface area contributed by atoms with E-state index in [1.54, 1.807) is 6.33 Å². The molecule has 1 saturated carbocycles. The summed E-state index contributed by atoms with van der Waals surface area (Å²) in [4.78, 5) is 23.5. The van der Waals surface area contributed by atoms with E-state index in [0.29, 0.717) is 18.4 Å². The maximum Gasteiger partial charge on any atom is 0.220 e. The molecular formula is C19H27N5O. The number of piperidine rings is 1. The van der Waals surface area contributed by atoms with E-state index < -0.39 is 0 Å². The summed E-state index contributed by atoms with van der Waals surface area (Å²) in [6.45, 7) is 1.92. The molecule has 1 saturated heterocycles. The zero-order valence-electron chi connectivity index (χ0n) is 14.9. The lowest BCUT2D eigenvalue weighted by molar-refractivity contribution is -0.122. The molecule has 1 amide bonds. The lowest BCUT2D eigenvalue weighted by Crippen LogP contribution is -2.38. The Morgan fingerprint density at radius 1 is 1.20 bits per heavy atom. The van der Waals surface area contributed by atoms with Gasteiger partial charge in [0.25, 0.3) is 0 Å². The number of aromatic nitrogens is 3. The highest BCUT2D eigenvalue weighted by Gasteiger charge is 2.25. The molecule has 0 radical (unpaired) electrons. The average Bonchev–Trinajstić information content (AvgIpc) is 3.26. The molecule has 0 aromatic carbocycles. The van der Waals surface area contributed by atoms with Crippen molar-refractivity contribution in [3.8, 4) is 0 Å². The molecule has 0 spiro atoms. The van der Waals surface area contributed by atoms with E-state index in [-0.39, 0.29) is 5.91 Å². The first-order valence-electron chi connectivity index (χ1n) is 9.51. The standard InChI is InChI=1S/C19H27N5O/c1-23-9-8-16-18(23)20-13-21-19(16)24-10-6-14(7-11-24)12-17(25)22-15-4-2-3-5-15/h8-9,13-15H,2-7,10-12H2,1H3,(H,22,25). The van der Waals surface area contributed by atoms with Crippen LogP contribution in [0.4, 0.5) is 5.82 Å². The van der Waals surface area contributed by atoms with Crippen molar-refractivity contribution in [3.63, 3.8) is 0 Å². The second kappa shape index (κ2) is 7.02. The van der Waals surface area contributed by atoms with Crippen LogP contribution in [0, 0.1) is 5.92 Å². The Morgan fingerprint density at radius 3 is 2.72 bits per heavy atom. The summed E-state index contributed by atoms with van der Waals surface area (Å²) >= 11 is 0. The van der Waals surface area contributed by atoms with Gasteiger partial charge in [-0.25, -0.2) is 9.97 Å². The minimum Gasteiger partial charge on any atom is -0.356 e. The molecule has 3 heterocycles. The maximum atomic E-state index is 12.2. The average molecular weight is 341 g/mol. The molecular weight excluding hydrogens is 314 g/mol. The third-order valence-corrected chi connectivity index (χ3v) is 5.75. The Morgan fingerprint density at radius 2 is 1.96 bits per heavy atom. The number of fused-ring (bicyclic) bond motifs is 1. The van der Waals surface area contributed by atoms with Crippen molar-refractivity contribution in [1.29, 1.82) is 0 Å². The predicted molar refractivity (Wildman–Crippen MR) is 98.5 cm³/mol. The van der Waals surface area contributed by atoms with Gasteiger partial charge in [0, 0.05) is 38.8 Å². The summed E-state index contributed by atoms with van der Waals surface area (Å²) in [5.41, 5.74) is 0.975. The normalized spacial score (nSPS) is 19.6. The highest BCUT2D eigenvalue weighted by Crippen LogP contribution is 2.29. The fourth-order valence-corrected chi connectivity index (χ4v) is 4.28. The van der Waals surface area contributed by atoms with Gasteiger partial charge in [-0.05, 0) is 37.7 Å². The first-order chi connectivity index (χ1) is 12.2. The molecule has 0 bridgehead atoms. The van der Waals surface area contributed by atoms with Crippen molar-refractivity contribution in [2.75, 3.05) is 18.0 Å². The molecule has 2 aromatic heterocycles. The summed E-state index contributed by atoms with van der Waals surface area (Å²) in [6, 6.07) is 2.52. The number of aryl methyl sites for hydroxylation is 1. The van der Waals surface area contributed by atoms with Gasteiger partial charge in [0.15, 0.2) is 0 Å². The SMILES string of the molecule is Cn1ccc2c(N3CCC(CC(=O)NC4CCCC4)CC3)ncnc21. The van der Waals surface area contributed by atoms with Crippen LogP contribution >= 0.6 is 0 Å². The van der Waals surface area contributed by atoms with Gasteiger partial charge in [-0.15, -0.1) is 0 Å². The van der Waals surface area contributed by atoms with Gasteiger partial charge < -0.3 is 14.8 Å². The fraction of sp³-hybridized carbons (Fsp3) is 0.632. The first kappa shape index (κ1) is 16.4. The van der Waals surface area contributed by atoms with Crippen LogP contribution < -0.4 is 10.2 Å². The lowest BCUT2D eigenvalue weighted by atomic mass is 9.93. The van der Waals surface area contributed by atoms with E-state index in [1.165, 1.54) is 12.8 Å². The highest BCUT2D eigenvalue weighted by atomic mass is 16.1. The zero-order valence-corrected chi connectivity index (χ0v) is 14.9. The second-order valence-electron chi connectivity index (χ2n) is 7.54. The van der Waals surface area contributed by atoms with E-state index in [0.717, 1.165) is 55.6 Å². The van der Waals surface area contributed by atoms with Crippen LogP contribution in [0.1, 0.15) is 44.9 Å². The van der Waals surface area contributed by atoms with Gasteiger partial charge in [-0.2, -0.15) is 0 Å². The molecule has 0 atom stereocenters. The molecule has 0 unspecified atom stereocenters. The molecule has 1 aliphatic carbocycles. The Labute approximate surface area is 148 Å². The molecule has 2 aromatic rings. The summed E-state index contributed by atoms with van der Waals surface area (Å²) in [5, 5.41) is 4.33. The predicted octanol–water partition coefficient (Wildman–Crippen LogP) is 2.63. The Bertz CT molecular complexity index is 741. The van der Waals surface area contributed by atoms with E-state index >= 15 is 0 Å². The minimum atomic E-state index is 0.248. The molecule has 2 fully saturated rings. The van der Waals surface area contributed by atoms with Crippen LogP contribution in [-0.2, 0) is 11.8 Å². The van der Waals surface area contributed by atoms with Crippen molar-refractivity contribution in [2.45, 2.75) is 51.0 Å². The largest absolute Gasteiger partial charge is 0.356 e. The molecule has 1 N–H and O–H groups in total.